The Labute approximate surface area is 108 Å². The summed E-state index contributed by atoms with van der Waals surface area (Å²) >= 11 is 5.62. The number of halogens is 1. The number of nitrogens with one attached hydrogen (secondary N) is 1. The molecule has 17 heavy (non-hydrogen) atoms. The zero-order chi connectivity index (χ0) is 12.5. The minimum Gasteiger partial charge on any atom is -0.353 e. The molecular formula is C12H21ClN4. The Morgan fingerprint density at radius 2 is 1.76 bits per heavy atom. The van der Waals surface area contributed by atoms with Crippen LogP contribution in [0.2, 0.25) is 0 Å². The van der Waals surface area contributed by atoms with Gasteiger partial charge in [-0.25, -0.2) is 4.98 Å². The quantitative estimate of drug-likeness (QED) is 0.574. The van der Waals surface area contributed by atoms with Gasteiger partial charge in [0.1, 0.15) is 0 Å². The molecule has 0 aliphatic carbocycles. The van der Waals surface area contributed by atoms with Gasteiger partial charge in [-0.05, 0) is 25.7 Å². The molecule has 0 atom stereocenters. The number of hydrogen-bond acceptors (Lipinski definition) is 4. The van der Waals surface area contributed by atoms with Crippen molar-refractivity contribution in [1.82, 2.24) is 15.2 Å². The molecule has 0 aromatic carbocycles. The summed E-state index contributed by atoms with van der Waals surface area (Å²) in [5.74, 6) is 1.38. The zero-order valence-electron chi connectivity index (χ0n) is 10.7. The van der Waals surface area contributed by atoms with Gasteiger partial charge in [-0.2, -0.15) is 5.10 Å². The number of aryl methyl sites for hydroxylation is 2. The summed E-state index contributed by atoms with van der Waals surface area (Å²) in [4.78, 5) is 4.47. The lowest BCUT2D eigenvalue weighted by atomic mass is 10.2. The molecule has 0 aliphatic heterocycles. The predicted molar refractivity (Wildman–Crippen MR) is 71.6 cm³/mol. The normalized spacial score (nSPS) is 10.5. The Morgan fingerprint density at radius 1 is 1.00 bits per heavy atom. The Hall–Kier alpha value is -0.900. The lowest BCUT2D eigenvalue weighted by Gasteiger charge is -2.07. The molecule has 5 heteroatoms. The summed E-state index contributed by atoms with van der Waals surface area (Å²) in [6, 6.07) is 0. The molecule has 0 unspecified atom stereocenters. The van der Waals surface area contributed by atoms with Crippen molar-refractivity contribution in [2.75, 3.05) is 17.7 Å². The molecule has 96 valence electrons. The van der Waals surface area contributed by atoms with Crippen LogP contribution in [0, 0.1) is 0 Å². The topological polar surface area (TPSA) is 50.7 Å². The van der Waals surface area contributed by atoms with Crippen LogP contribution in [-0.4, -0.2) is 27.6 Å². The third-order valence-electron chi connectivity index (χ3n) is 2.60. The highest BCUT2D eigenvalue weighted by Gasteiger charge is 2.05. The van der Waals surface area contributed by atoms with E-state index in [0.29, 0.717) is 5.95 Å². The Balaban J connectivity index is 2.43. The summed E-state index contributed by atoms with van der Waals surface area (Å²) in [6.45, 7) is 5.05. The van der Waals surface area contributed by atoms with Crippen molar-refractivity contribution in [2.45, 2.75) is 46.0 Å². The molecule has 1 heterocycles. The summed E-state index contributed by atoms with van der Waals surface area (Å²) in [5, 5.41) is 11.5. The van der Waals surface area contributed by atoms with Crippen LogP contribution in [0.3, 0.4) is 0 Å². The fraction of sp³-hybridized carbons (Fsp3) is 0.750. The second-order valence-electron chi connectivity index (χ2n) is 3.91. The average Bonchev–Trinajstić information content (AvgIpc) is 2.38. The monoisotopic (exact) mass is 256 g/mol. The maximum atomic E-state index is 5.62. The van der Waals surface area contributed by atoms with E-state index in [9.17, 15) is 0 Å². The van der Waals surface area contributed by atoms with Gasteiger partial charge in [0, 0.05) is 12.4 Å². The summed E-state index contributed by atoms with van der Waals surface area (Å²) in [5.41, 5.74) is 2.05. The van der Waals surface area contributed by atoms with Crippen molar-refractivity contribution >= 4 is 17.5 Å². The molecule has 0 fully saturated rings. The second-order valence-corrected chi connectivity index (χ2v) is 4.29. The average molecular weight is 257 g/mol. The van der Waals surface area contributed by atoms with Gasteiger partial charge in [-0.15, -0.1) is 16.7 Å². The summed E-state index contributed by atoms with van der Waals surface area (Å²) in [6.07, 6.45) is 5.08. The first-order valence-corrected chi connectivity index (χ1v) is 6.87. The lowest BCUT2D eigenvalue weighted by molar-refractivity contribution is 0.737. The van der Waals surface area contributed by atoms with E-state index in [2.05, 4.69) is 34.3 Å². The predicted octanol–water partition coefficient (Wildman–Crippen LogP) is 2.82. The van der Waals surface area contributed by atoms with E-state index in [1.165, 1.54) is 0 Å². The van der Waals surface area contributed by atoms with E-state index in [-0.39, 0.29) is 0 Å². The number of anilines is 1. The highest BCUT2D eigenvalue weighted by molar-refractivity contribution is 6.17. The van der Waals surface area contributed by atoms with Crippen LogP contribution in [0.25, 0.3) is 0 Å². The van der Waals surface area contributed by atoms with Crippen molar-refractivity contribution in [1.29, 1.82) is 0 Å². The van der Waals surface area contributed by atoms with Crippen LogP contribution >= 0.6 is 11.6 Å². The number of alkyl halides is 1. The standard InChI is InChI=1S/C12H21ClN4/c1-3-10-11(4-2)16-17-12(15-10)14-9-7-5-6-8-13/h3-9H2,1-2H3,(H,14,15,17). The fourth-order valence-electron chi connectivity index (χ4n) is 1.61. The summed E-state index contributed by atoms with van der Waals surface area (Å²) in [7, 11) is 0. The zero-order valence-corrected chi connectivity index (χ0v) is 11.4. The third-order valence-corrected chi connectivity index (χ3v) is 2.87. The van der Waals surface area contributed by atoms with Crippen LogP contribution in [0.15, 0.2) is 0 Å². The van der Waals surface area contributed by atoms with Crippen LogP contribution in [0.4, 0.5) is 5.95 Å². The van der Waals surface area contributed by atoms with Gasteiger partial charge < -0.3 is 5.32 Å². The van der Waals surface area contributed by atoms with Gasteiger partial charge in [0.05, 0.1) is 11.4 Å². The van der Waals surface area contributed by atoms with E-state index >= 15 is 0 Å². The van der Waals surface area contributed by atoms with E-state index in [1.807, 2.05) is 0 Å². The van der Waals surface area contributed by atoms with E-state index in [1.54, 1.807) is 0 Å². The highest BCUT2D eigenvalue weighted by atomic mass is 35.5. The van der Waals surface area contributed by atoms with Crippen molar-refractivity contribution in [2.24, 2.45) is 0 Å². The van der Waals surface area contributed by atoms with Gasteiger partial charge in [0.2, 0.25) is 5.95 Å². The van der Waals surface area contributed by atoms with Crippen molar-refractivity contribution in [3.8, 4) is 0 Å². The molecule has 0 amide bonds. The molecule has 0 radical (unpaired) electrons. The van der Waals surface area contributed by atoms with Gasteiger partial charge >= 0.3 is 0 Å². The van der Waals surface area contributed by atoms with Gasteiger partial charge in [-0.3, -0.25) is 0 Å². The molecule has 0 saturated heterocycles. The molecule has 4 nitrogen and oxygen atoms in total. The number of hydrogen-bond donors (Lipinski definition) is 1. The first-order valence-electron chi connectivity index (χ1n) is 6.34. The number of nitrogens with zero attached hydrogens (tertiary/aromatic N) is 3. The minimum absolute atomic E-state index is 0.643. The first kappa shape index (κ1) is 14.2. The Bertz CT molecular complexity index is 330. The molecule has 1 rings (SSSR count). The fourth-order valence-corrected chi connectivity index (χ4v) is 1.80. The first-order chi connectivity index (χ1) is 8.31. The number of aromatic nitrogens is 3. The van der Waals surface area contributed by atoms with Crippen molar-refractivity contribution in [3.05, 3.63) is 11.4 Å². The second kappa shape index (κ2) is 8.23. The van der Waals surface area contributed by atoms with Crippen molar-refractivity contribution in [3.63, 3.8) is 0 Å². The molecule has 1 aromatic rings. The number of rotatable bonds is 8. The Morgan fingerprint density at radius 3 is 2.41 bits per heavy atom. The molecule has 1 N–H and O–H groups in total. The molecule has 0 saturated carbocycles. The number of unbranched alkanes of at least 4 members (excludes halogenated alkanes) is 2. The molecule has 0 bridgehead atoms. The van der Waals surface area contributed by atoms with Crippen LogP contribution < -0.4 is 5.32 Å². The van der Waals surface area contributed by atoms with Gasteiger partial charge in [-0.1, -0.05) is 20.3 Å². The smallest absolute Gasteiger partial charge is 0.242 e. The van der Waals surface area contributed by atoms with Gasteiger partial charge in [0.25, 0.3) is 0 Å². The van der Waals surface area contributed by atoms with Crippen molar-refractivity contribution < 1.29 is 0 Å². The van der Waals surface area contributed by atoms with E-state index in [0.717, 1.165) is 55.9 Å². The van der Waals surface area contributed by atoms with Crippen LogP contribution in [0.1, 0.15) is 44.5 Å². The third kappa shape index (κ3) is 4.86. The Kier molecular flexibility index (Phi) is 6.86. The molecule has 0 aliphatic rings. The maximum Gasteiger partial charge on any atom is 0.242 e. The minimum atomic E-state index is 0.643. The van der Waals surface area contributed by atoms with Crippen LogP contribution in [0.5, 0.6) is 0 Å². The maximum absolute atomic E-state index is 5.62. The van der Waals surface area contributed by atoms with E-state index in [4.69, 9.17) is 11.6 Å². The van der Waals surface area contributed by atoms with Gasteiger partial charge in [0.15, 0.2) is 0 Å². The lowest BCUT2D eigenvalue weighted by Crippen LogP contribution is -2.10. The molecule has 1 aromatic heterocycles. The van der Waals surface area contributed by atoms with E-state index < -0.39 is 0 Å². The molecular weight excluding hydrogens is 236 g/mol. The van der Waals surface area contributed by atoms with Crippen LogP contribution in [-0.2, 0) is 12.8 Å². The summed E-state index contributed by atoms with van der Waals surface area (Å²) < 4.78 is 0. The largest absolute Gasteiger partial charge is 0.353 e. The SMILES string of the molecule is CCc1nnc(NCCCCCCl)nc1CC. The highest BCUT2D eigenvalue weighted by Crippen LogP contribution is 2.07. The molecule has 0 spiro atoms.